The highest BCUT2D eigenvalue weighted by molar-refractivity contribution is 5.79. The SMILES string of the molecule is CN=C(NCCCNC(=O)OC(C)(C)C)NCc1ccccc1-n1nc(C)cc1C. The second-order valence-corrected chi connectivity index (χ2v) is 8.10. The molecule has 0 fully saturated rings. The number of para-hydroxylation sites is 1. The second kappa shape index (κ2) is 10.7. The third kappa shape index (κ3) is 7.42. The van der Waals surface area contributed by atoms with E-state index in [0.29, 0.717) is 25.6 Å². The van der Waals surface area contributed by atoms with Gasteiger partial charge >= 0.3 is 6.09 Å². The van der Waals surface area contributed by atoms with Crippen LogP contribution < -0.4 is 16.0 Å². The highest BCUT2D eigenvalue weighted by atomic mass is 16.6. The van der Waals surface area contributed by atoms with Crippen LogP contribution in [-0.2, 0) is 11.3 Å². The summed E-state index contributed by atoms with van der Waals surface area (Å²) < 4.78 is 7.18. The molecule has 0 aliphatic heterocycles. The van der Waals surface area contributed by atoms with Crippen LogP contribution in [0.15, 0.2) is 35.3 Å². The van der Waals surface area contributed by atoms with E-state index in [1.54, 1.807) is 7.05 Å². The van der Waals surface area contributed by atoms with Gasteiger partial charge in [-0.15, -0.1) is 0 Å². The van der Waals surface area contributed by atoms with Crippen molar-refractivity contribution in [2.24, 2.45) is 4.99 Å². The third-order valence-corrected chi connectivity index (χ3v) is 4.21. The largest absolute Gasteiger partial charge is 0.444 e. The number of amides is 1. The first kappa shape index (κ1) is 23.3. The third-order valence-electron chi connectivity index (χ3n) is 4.21. The zero-order valence-corrected chi connectivity index (χ0v) is 18.9. The summed E-state index contributed by atoms with van der Waals surface area (Å²) in [6.07, 6.45) is 0.355. The zero-order chi connectivity index (χ0) is 22.1. The second-order valence-electron chi connectivity index (χ2n) is 8.10. The molecule has 0 saturated carbocycles. The van der Waals surface area contributed by atoms with Crippen LogP contribution in [0.4, 0.5) is 4.79 Å². The maximum atomic E-state index is 11.6. The lowest BCUT2D eigenvalue weighted by Crippen LogP contribution is -2.39. The van der Waals surface area contributed by atoms with Crippen LogP contribution in [0.5, 0.6) is 0 Å². The van der Waals surface area contributed by atoms with Gasteiger partial charge in [-0.25, -0.2) is 9.48 Å². The molecule has 0 atom stereocenters. The number of nitrogens with zero attached hydrogens (tertiary/aromatic N) is 3. The van der Waals surface area contributed by atoms with Gasteiger partial charge < -0.3 is 20.7 Å². The molecule has 0 radical (unpaired) electrons. The molecule has 1 aromatic heterocycles. The van der Waals surface area contributed by atoms with Crippen LogP contribution in [0.3, 0.4) is 0 Å². The lowest BCUT2D eigenvalue weighted by Gasteiger charge is -2.19. The molecule has 2 aromatic rings. The molecule has 2 rings (SSSR count). The smallest absolute Gasteiger partial charge is 0.407 e. The minimum atomic E-state index is -0.488. The molecular weight excluding hydrogens is 380 g/mol. The van der Waals surface area contributed by atoms with Crippen LogP contribution in [0, 0.1) is 13.8 Å². The van der Waals surface area contributed by atoms with Crippen molar-refractivity contribution in [3.8, 4) is 5.69 Å². The molecule has 1 amide bonds. The molecular formula is C22H34N6O2. The number of carbonyl (C=O) groups is 1. The summed E-state index contributed by atoms with van der Waals surface area (Å²) in [5, 5.41) is 13.9. The quantitative estimate of drug-likeness (QED) is 0.368. The first-order valence-electron chi connectivity index (χ1n) is 10.2. The minimum Gasteiger partial charge on any atom is -0.444 e. The number of rotatable bonds is 7. The topological polar surface area (TPSA) is 92.6 Å². The van der Waals surface area contributed by atoms with Crippen molar-refractivity contribution in [2.45, 2.75) is 53.2 Å². The van der Waals surface area contributed by atoms with Gasteiger partial charge in [-0.1, -0.05) is 18.2 Å². The van der Waals surface area contributed by atoms with Crippen LogP contribution in [0.25, 0.3) is 5.69 Å². The van der Waals surface area contributed by atoms with Crippen LogP contribution in [-0.4, -0.2) is 47.6 Å². The summed E-state index contributed by atoms with van der Waals surface area (Å²) in [6, 6.07) is 10.2. The summed E-state index contributed by atoms with van der Waals surface area (Å²) in [5.41, 5.74) is 3.77. The van der Waals surface area contributed by atoms with Gasteiger partial charge in [-0.3, -0.25) is 4.99 Å². The Labute approximate surface area is 179 Å². The Morgan fingerprint density at radius 2 is 1.83 bits per heavy atom. The number of carbonyl (C=O) groups excluding carboxylic acids is 1. The van der Waals surface area contributed by atoms with Gasteiger partial charge in [0.15, 0.2) is 5.96 Å². The number of hydrogen-bond donors (Lipinski definition) is 3. The maximum Gasteiger partial charge on any atom is 0.407 e. The van der Waals surface area contributed by atoms with Crippen molar-refractivity contribution in [3.05, 3.63) is 47.3 Å². The summed E-state index contributed by atoms with van der Waals surface area (Å²) in [6.45, 7) is 11.4. The maximum absolute atomic E-state index is 11.6. The highest BCUT2D eigenvalue weighted by Crippen LogP contribution is 2.16. The van der Waals surface area contributed by atoms with Gasteiger partial charge in [-0.2, -0.15) is 5.10 Å². The molecule has 8 nitrogen and oxygen atoms in total. The van der Waals surface area contributed by atoms with E-state index in [4.69, 9.17) is 4.74 Å². The van der Waals surface area contributed by atoms with Crippen molar-refractivity contribution in [1.82, 2.24) is 25.7 Å². The summed E-state index contributed by atoms with van der Waals surface area (Å²) >= 11 is 0. The number of ether oxygens (including phenoxy) is 1. The summed E-state index contributed by atoms with van der Waals surface area (Å²) in [7, 11) is 1.74. The fourth-order valence-electron chi connectivity index (χ4n) is 2.94. The fraction of sp³-hybridized carbons (Fsp3) is 0.500. The molecule has 30 heavy (non-hydrogen) atoms. The first-order valence-corrected chi connectivity index (χ1v) is 10.2. The number of aromatic nitrogens is 2. The molecule has 164 valence electrons. The van der Waals surface area contributed by atoms with Gasteiger partial charge in [0.1, 0.15) is 5.60 Å². The van der Waals surface area contributed by atoms with E-state index in [9.17, 15) is 4.79 Å². The molecule has 8 heteroatoms. The lowest BCUT2D eigenvalue weighted by atomic mass is 10.1. The molecule has 0 saturated heterocycles. The number of benzene rings is 1. The average Bonchev–Trinajstić information content (AvgIpc) is 3.00. The molecule has 3 N–H and O–H groups in total. The van der Waals surface area contributed by atoms with Gasteiger partial charge in [0.2, 0.25) is 0 Å². The van der Waals surface area contributed by atoms with Gasteiger partial charge in [0.05, 0.1) is 11.4 Å². The van der Waals surface area contributed by atoms with Crippen molar-refractivity contribution >= 4 is 12.1 Å². The number of alkyl carbamates (subject to hydrolysis) is 1. The zero-order valence-electron chi connectivity index (χ0n) is 18.9. The van der Waals surface area contributed by atoms with E-state index < -0.39 is 11.7 Å². The van der Waals surface area contributed by atoms with Crippen molar-refractivity contribution in [2.75, 3.05) is 20.1 Å². The standard InChI is InChI=1S/C22H34N6O2/c1-16-14-17(2)28(27-16)19-11-8-7-10-18(19)15-26-20(23-6)24-12-9-13-25-21(29)30-22(3,4)5/h7-8,10-11,14H,9,12-13,15H2,1-6H3,(H,25,29)(H2,23,24,26). The number of nitrogens with one attached hydrogen (secondary N) is 3. The normalized spacial score (nSPS) is 11.9. The first-order chi connectivity index (χ1) is 14.2. The van der Waals surface area contributed by atoms with Gasteiger partial charge in [0, 0.05) is 32.4 Å². The fourth-order valence-corrected chi connectivity index (χ4v) is 2.94. The predicted octanol–water partition coefficient (Wildman–Crippen LogP) is 3.07. The van der Waals surface area contributed by atoms with Crippen molar-refractivity contribution in [1.29, 1.82) is 0 Å². The number of guanidine groups is 1. The molecule has 0 unspecified atom stereocenters. The minimum absolute atomic E-state index is 0.397. The predicted molar refractivity (Wildman–Crippen MR) is 120 cm³/mol. The Hall–Kier alpha value is -3.03. The Kier molecular flexibility index (Phi) is 8.26. The Balaban J connectivity index is 1.82. The number of aryl methyl sites for hydroxylation is 2. The van der Waals surface area contributed by atoms with Crippen LogP contribution >= 0.6 is 0 Å². The summed E-state index contributed by atoms with van der Waals surface area (Å²) in [4.78, 5) is 15.9. The molecule has 0 bridgehead atoms. The molecule has 0 spiro atoms. The molecule has 0 aliphatic carbocycles. The van der Waals surface area contributed by atoms with E-state index in [0.717, 1.165) is 29.1 Å². The molecule has 1 heterocycles. The van der Waals surface area contributed by atoms with Crippen LogP contribution in [0.1, 0.15) is 44.1 Å². The van der Waals surface area contributed by atoms with E-state index in [1.165, 1.54) is 0 Å². The van der Waals surface area contributed by atoms with Crippen molar-refractivity contribution in [3.63, 3.8) is 0 Å². The average molecular weight is 415 g/mol. The van der Waals surface area contributed by atoms with Gasteiger partial charge in [-0.05, 0) is 58.7 Å². The Bertz CT molecular complexity index is 867. The van der Waals surface area contributed by atoms with Crippen molar-refractivity contribution < 1.29 is 9.53 Å². The number of aliphatic imine (C=N–C) groups is 1. The van der Waals surface area contributed by atoms with E-state index in [-0.39, 0.29) is 0 Å². The van der Waals surface area contributed by atoms with E-state index in [2.05, 4.69) is 51.2 Å². The number of hydrogen-bond acceptors (Lipinski definition) is 4. The Morgan fingerprint density at radius 1 is 1.13 bits per heavy atom. The van der Waals surface area contributed by atoms with E-state index in [1.807, 2.05) is 44.5 Å². The van der Waals surface area contributed by atoms with E-state index >= 15 is 0 Å². The molecule has 0 aliphatic rings. The summed E-state index contributed by atoms with van der Waals surface area (Å²) in [5.74, 6) is 0.704. The van der Waals surface area contributed by atoms with Gasteiger partial charge in [0.25, 0.3) is 0 Å². The lowest BCUT2D eigenvalue weighted by molar-refractivity contribution is 0.0527. The monoisotopic (exact) mass is 414 g/mol. The molecule has 1 aromatic carbocycles. The Morgan fingerprint density at radius 3 is 2.47 bits per heavy atom. The highest BCUT2D eigenvalue weighted by Gasteiger charge is 2.15. The van der Waals surface area contributed by atoms with Crippen LogP contribution in [0.2, 0.25) is 0 Å².